The first-order chi connectivity index (χ1) is 17.7. The largest absolute Gasteiger partial charge is 1.00 e. The molecule has 0 spiro atoms. The molecule has 3 heteroatoms. The minimum atomic E-state index is 0. The molecule has 0 radical (unpaired) electrons. The summed E-state index contributed by atoms with van der Waals surface area (Å²) in [5, 5.41) is 0. The molecule has 6 rings (SSSR count). The van der Waals surface area contributed by atoms with E-state index in [-0.39, 0.29) is 35.6 Å². The van der Waals surface area contributed by atoms with Crippen LogP contribution >= 0.6 is 0 Å². The van der Waals surface area contributed by atoms with Crippen molar-refractivity contribution >= 4 is 15.4 Å². The Morgan fingerprint density at radius 3 is 1.90 bits per heavy atom. The summed E-state index contributed by atoms with van der Waals surface area (Å²) in [6, 6.07) is 16.6. The molecule has 0 saturated carbocycles. The molecule has 0 bridgehead atoms. The van der Waals surface area contributed by atoms with E-state index in [1.54, 1.807) is 0 Å². The average molecular weight is 651 g/mol. The molecule has 3 aromatic carbocycles. The van der Waals surface area contributed by atoms with Crippen molar-refractivity contribution in [1.29, 1.82) is 0 Å². The fraction of sp³-hybridized carbons (Fsp3) is 0.405. The maximum absolute atomic E-state index is 3.65. The zero-order valence-electron chi connectivity index (χ0n) is 26.0. The van der Waals surface area contributed by atoms with Gasteiger partial charge in [-0.1, -0.05) is 97.8 Å². The average Bonchev–Trinajstić information content (AvgIpc) is 3.57. The van der Waals surface area contributed by atoms with E-state index in [9.17, 15) is 0 Å². The van der Waals surface area contributed by atoms with Crippen LogP contribution in [0.25, 0.3) is 22.3 Å². The van der Waals surface area contributed by atoms with Crippen molar-refractivity contribution in [2.24, 2.45) is 0 Å². The van der Waals surface area contributed by atoms with E-state index in [2.05, 4.69) is 128 Å². The second-order valence-electron chi connectivity index (χ2n) is 13.3. The number of benzene rings is 2. The summed E-state index contributed by atoms with van der Waals surface area (Å²) in [6.07, 6.45) is 8.28. The molecule has 0 unspecified atom stereocenters. The Hall–Kier alpha value is -1.40. The van der Waals surface area contributed by atoms with E-state index >= 15 is 0 Å². The molecule has 0 heterocycles. The van der Waals surface area contributed by atoms with Crippen LogP contribution in [-0.4, -0.2) is 4.21 Å². The van der Waals surface area contributed by atoms with E-state index in [1.807, 2.05) is 0 Å². The second-order valence-corrected chi connectivity index (χ2v) is 13.3. The molecule has 0 N–H and O–H groups in total. The molecule has 0 nitrogen and oxygen atoms in total. The van der Waals surface area contributed by atoms with E-state index in [4.69, 9.17) is 0 Å². The van der Waals surface area contributed by atoms with Crippen molar-refractivity contribution in [1.82, 2.24) is 0 Å². The molecule has 212 valence electrons. The number of hydrogen-bond donors (Lipinski definition) is 0. The Kier molecular flexibility index (Phi) is 10.8. The van der Waals surface area contributed by atoms with E-state index in [0.29, 0.717) is 5.41 Å². The number of hydrogen-bond acceptors (Lipinski definition) is 0. The van der Waals surface area contributed by atoms with Gasteiger partial charge in [-0.05, 0) is 58.4 Å². The SMILES string of the molecule is CC1=[C-]C(C)(C)c2cc3c(cc21)-c1cc2c(cc1C3)C(C)(C)C=C2C.CCc1cc(C(C)(C)C)c[cH-]1.[CH2]=[Zr+2].[Cl-].[Cl-]. The fourth-order valence-electron chi connectivity index (χ4n) is 6.45. The molecule has 0 fully saturated rings. The Balaban J connectivity index is 0.000000320. The van der Waals surface area contributed by atoms with Crippen molar-refractivity contribution in [2.45, 2.75) is 98.3 Å². The maximum atomic E-state index is 3.65. The molecule has 0 aromatic heterocycles. The second kappa shape index (κ2) is 12.5. The smallest absolute Gasteiger partial charge is 1.00 e. The summed E-state index contributed by atoms with van der Waals surface area (Å²) in [7, 11) is 0. The van der Waals surface area contributed by atoms with Crippen LogP contribution in [0.4, 0.5) is 0 Å². The fourth-order valence-corrected chi connectivity index (χ4v) is 6.45. The Morgan fingerprint density at radius 2 is 1.40 bits per heavy atom. The molecule has 0 saturated heterocycles. The monoisotopic (exact) mass is 648 g/mol. The van der Waals surface area contributed by atoms with Crippen LogP contribution < -0.4 is 24.8 Å². The zero-order valence-corrected chi connectivity index (χ0v) is 30.0. The van der Waals surface area contributed by atoms with Crippen LogP contribution in [0.15, 0.2) is 48.5 Å². The quantitative estimate of drug-likeness (QED) is 0.276. The topological polar surface area (TPSA) is 0 Å². The van der Waals surface area contributed by atoms with Crippen molar-refractivity contribution in [3.05, 3.63) is 99.1 Å². The van der Waals surface area contributed by atoms with Crippen molar-refractivity contribution in [3.8, 4) is 11.1 Å². The van der Waals surface area contributed by atoms with Gasteiger partial charge in [0, 0.05) is 5.41 Å². The molecular weight excluding hydrogens is 607 g/mol. The summed E-state index contributed by atoms with van der Waals surface area (Å²) in [5.74, 6) is 0. The predicted octanol–water partition coefficient (Wildman–Crippen LogP) is 3.69. The third-order valence-electron chi connectivity index (χ3n) is 8.52. The zero-order chi connectivity index (χ0) is 28.2. The van der Waals surface area contributed by atoms with E-state index < -0.39 is 0 Å². The van der Waals surface area contributed by atoms with Crippen molar-refractivity contribution < 1.29 is 49.0 Å². The minimum absolute atomic E-state index is 0. The third kappa shape index (κ3) is 6.33. The molecule has 3 aliphatic carbocycles. The van der Waals surface area contributed by atoms with Crippen LogP contribution in [-0.2, 0) is 53.3 Å². The summed E-state index contributed by atoms with van der Waals surface area (Å²) in [4.78, 5) is 0. The molecule has 3 aliphatic rings. The van der Waals surface area contributed by atoms with Gasteiger partial charge in [-0.2, -0.15) is 28.8 Å². The first-order valence-corrected chi connectivity index (χ1v) is 15.7. The van der Waals surface area contributed by atoms with Gasteiger partial charge >= 0.3 is 28.4 Å². The summed E-state index contributed by atoms with van der Waals surface area (Å²) in [5.41, 5.74) is 17.8. The van der Waals surface area contributed by atoms with Crippen LogP contribution in [0.5, 0.6) is 0 Å². The van der Waals surface area contributed by atoms with Crippen LogP contribution in [0.1, 0.15) is 114 Å². The first-order valence-electron chi connectivity index (χ1n) is 14.0. The molecule has 40 heavy (non-hydrogen) atoms. The Labute approximate surface area is 271 Å². The molecule has 0 aliphatic heterocycles. The standard InChI is InChI=1S/C25H25.C11H17.CH2.2ClH.Zr/c1-14-12-24(3,4)22-8-16-7-17-9-23-19(15(2)13-25(23,5)6)11-21(17)20(16)10-18(14)22;1-5-9-6-7-10(8-9)11(2,3)4;;;;/h8-12H,7H2,1-6H3;6-8H,5H2,1-4H3;1H2;2*1H;/q2*-1;;;;+2/p-2. The van der Waals surface area contributed by atoms with Crippen LogP contribution in [0, 0.1) is 6.08 Å². The van der Waals surface area contributed by atoms with E-state index in [1.165, 1.54) is 91.0 Å². The van der Waals surface area contributed by atoms with Gasteiger partial charge < -0.3 is 24.8 Å². The summed E-state index contributed by atoms with van der Waals surface area (Å²) in [6.45, 7) is 22.6. The first kappa shape index (κ1) is 34.8. The molecule has 0 amide bonds. The number of aryl methyl sites for hydroxylation is 1. The predicted molar refractivity (Wildman–Crippen MR) is 164 cm³/mol. The van der Waals surface area contributed by atoms with Gasteiger partial charge in [0.05, 0.1) is 0 Å². The summed E-state index contributed by atoms with van der Waals surface area (Å²) >= 11 is 1.30. The normalized spacial score (nSPS) is 16.3. The number of halogens is 2. The van der Waals surface area contributed by atoms with Gasteiger partial charge in [0.15, 0.2) is 0 Å². The van der Waals surface area contributed by atoms with Gasteiger partial charge in [-0.15, -0.1) is 11.6 Å². The van der Waals surface area contributed by atoms with Crippen molar-refractivity contribution in [2.75, 3.05) is 0 Å². The molecule has 3 aromatic rings. The van der Waals surface area contributed by atoms with Crippen LogP contribution in [0.3, 0.4) is 0 Å². The van der Waals surface area contributed by atoms with Gasteiger partial charge in [-0.25, -0.2) is 11.6 Å². The minimum Gasteiger partial charge on any atom is -1.00 e. The van der Waals surface area contributed by atoms with Gasteiger partial charge in [-0.3, -0.25) is 6.08 Å². The number of allylic oxidation sites excluding steroid dienone is 4. The third-order valence-corrected chi connectivity index (χ3v) is 8.52. The number of fused-ring (bicyclic) bond motifs is 5. The Bertz CT molecular complexity index is 1370. The van der Waals surface area contributed by atoms with E-state index in [0.717, 1.165) is 12.8 Å². The maximum Gasteiger partial charge on any atom is -1.00 e. The molecule has 0 atom stereocenters. The van der Waals surface area contributed by atoms with Crippen molar-refractivity contribution in [3.63, 3.8) is 0 Å². The number of rotatable bonds is 1. The van der Waals surface area contributed by atoms with Gasteiger partial charge in [0.25, 0.3) is 0 Å². The summed E-state index contributed by atoms with van der Waals surface area (Å²) < 4.78 is 3.34. The molecular formula is C37H44Cl2Zr-2. The van der Waals surface area contributed by atoms with Gasteiger partial charge in [0.2, 0.25) is 0 Å². The van der Waals surface area contributed by atoms with Crippen LogP contribution in [0.2, 0.25) is 0 Å². The van der Waals surface area contributed by atoms with Gasteiger partial charge in [0.1, 0.15) is 0 Å². The Morgan fingerprint density at radius 1 is 0.850 bits per heavy atom.